The molecular weight excluding hydrogens is 198 g/mol. The second-order valence-electron chi connectivity index (χ2n) is 5.63. The van der Waals surface area contributed by atoms with Crippen LogP contribution in [0.4, 0.5) is 0 Å². The number of carbonyl (C=O) groups excluding carboxylic acids is 1. The first-order valence-corrected chi connectivity index (χ1v) is 7.02. The topological polar surface area (TPSA) is 20.3 Å². The summed E-state index contributed by atoms with van der Waals surface area (Å²) in [6, 6.07) is 0.779. The van der Waals surface area contributed by atoms with Gasteiger partial charge in [0.1, 0.15) is 6.29 Å². The summed E-state index contributed by atoms with van der Waals surface area (Å²) in [6.07, 6.45) is 10.4. The van der Waals surface area contributed by atoms with E-state index in [0.717, 1.165) is 24.9 Å². The zero-order chi connectivity index (χ0) is 11.4. The van der Waals surface area contributed by atoms with Crippen molar-refractivity contribution < 1.29 is 4.79 Å². The molecule has 0 aromatic rings. The smallest absolute Gasteiger partial charge is 0.124 e. The van der Waals surface area contributed by atoms with Gasteiger partial charge in [-0.2, -0.15) is 0 Å². The molecule has 1 aliphatic carbocycles. The van der Waals surface area contributed by atoms with E-state index in [1.165, 1.54) is 51.4 Å². The maximum absolute atomic E-state index is 10.9. The largest absolute Gasteiger partial charge is 0.303 e. The second kappa shape index (κ2) is 5.81. The van der Waals surface area contributed by atoms with Crippen molar-refractivity contribution in [3.63, 3.8) is 0 Å². The average molecular weight is 223 g/mol. The maximum atomic E-state index is 10.9. The van der Waals surface area contributed by atoms with Crippen LogP contribution in [0.1, 0.15) is 51.9 Å². The van der Waals surface area contributed by atoms with Crippen molar-refractivity contribution >= 4 is 6.29 Å². The summed E-state index contributed by atoms with van der Waals surface area (Å²) in [5, 5.41) is 0. The van der Waals surface area contributed by atoms with Crippen LogP contribution in [-0.2, 0) is 4.79 Å². The number of nitrogens with zero attached hydrogens (tertiary/aromatic N) is 1. The number of hydrogen-bond donors (Lipinski definition) is 0. The molecule has 2 nitrogen and oxygen atoms in total. The van der Waals surface area contributed by atoms with Crippen molar-refractivity contribution in [2.45, 2.75) is 57.9 Å². The van der Waals surface area contributed by atoms with E-state index in [2.05, 4.69) is 11.8 Å². The monoisotopic (exact) mass is 223 g/mol. The SMILES string of the molecule is CCC1CCCC(N2CCCC(C=O)C2)C1. The number of rotatable bonds is 3. The summed E-state index contributed by atoms with van der Waals surface area (Å²) < 4.78 is 0. The van der Waals surface area contributed by atoms with Crippen molar-refractivity contribution in [2.75, 3.05) is 13.1 Å². The third-order valence-electron chi connectivity index (χ3n) is 4.53. The normalized spacial score (nSPS) is 37.2. The third-order valence-corrected chi connectivity index (χ3v) is 4.53. The highest BCUT2D eigenvalue weighted by atomic mass is 16.1. The zero-order valence-electron chi connectivity index (χ0n) is 10.5. The van der Waals surface area contributed by atoms with Crippen molar-refractivity contribution in [2.24, 2.45) is 11.8 Å². The van der Waals surface area contributed by atoms with E-state index in [4.69, 9.17) is 0 Å². The molecule has 0 aromatic heterocycles. The highest BCUT2D eigenvalue weighted by molar-refractivity contribution is 5.53. The molecule has 2 heteroatoms. The molecule has 0 bridgehead atoms. The Morgan fingerprint density at radius 1 is 1.25 bits per heavy atom. The third kappa shape index (κ3) is 2.85. The molecule has 0 radical (unpaired) electrons. The summed E-state index contributed by atoms with van der Waals surface area (Å²) in [5.74, 6) is 1.26. The zero-order valence-corrected chi connectivity index (χ0v) is 10.5. The van der Waals surface area contributed by atoms with Gasteiger partial charge in [0, 0.05) is 18.5 Å². The summed E-state index contributed by atoms with van der Waals surface area (Å²) in [5.41, 5.74) is 0. The molecule has 2 fully saturated rings. The van der Waals surface area contributed by atoms with Crippen LogP contribution in [-0.4, -0.2) is 30.3 Å². The molecule has 3 unspecified atom stereocenters. The number of carbonyl (C=O) groups is 1. The van der Waals surface area contributed by atoms with E-state index >= 15 is 0 Å². The van der Waals surface area contributed by atoms with Crippen molar-refractivity contribution in [3.8, 4) is 0 Å². The molecule has 2 rings (SSSR count). The van der Waals surface area contributed by atoms with Gasteiger partial charge in [0.05, 0.1) is 0 Å². The van der Waals surface area contributed by atoms with Crippen LogP contribution in [0.25, 0.3) is 0 Å². The molecule has 1 saturated heterocycles. The first kappa shape index (κ1) is 12.1. The summed E-state index contributed by atoms with van der Waals surface area (Å²) in [7, 11) is 0. The Morgan fingerprint density at radius 2 is 2.12 bits per heavy atom. The fourth-order valence-corrected chi connectivity index (χ4v) is 3.45. The van der Waals surface area contributed by atoms with Crippen LogP contribution in [0.5, 0.6) is 0 Å². The molecule has 0 amide bonds. The van der Waals surface area contributed by atoms with Crippen LogP contribution in [0.2, 0.25) is 0 Å². The van der Waals surface area contributed by atoms with E-state index in [9.17, 15) is 4.79 Å². The molecule has 1 saturated carbocycles. The Labute approximate surface area is 99.4 Å². The Bertz CT molecular complexity index is 229. The predicted molar refractivity (Wildman–Crippen MR) is 66.4 cm³/mol. The molecule has 1 heterocycles. The van der Waals surface area contributed by atoms with E-state index in [1.54, 1.807) is 0 Å². The van der Waals surface area contributed by atoms with Crippen molar-refractivity contribution in [3.05, 3.63) is 0 Å². The summed E-state index contributed by atoms with van der Waals surface area (Å²) in [4.78, 5) is 13.5. The quantitative estimate of drug-likeness (QED) is 0.686. The van der Waals surface area contributed by atoms with Gasteiger partial charge in [-0.3, -0.25) is 4.90 Å². The lowest BCUT2D eigenvalue weighted by Gasteiger charge is -2.40. The number of likely N-dealkylation sites (tertiary alicyclic amines) is 1. The lowest BCUT2D eigenvalue weighted by molar-refractivity contribution is -0.113. The lowest BCUT2D eigenvalue weighted by atomic mass is 9.82. The molecule has 0 N–H and O–H groups in total. The van der Waals surface area contributed by atoms with E-state index < -0.39 is 0 Å². The van der Waals surface area contributed by atoms with Gasteiger partial charge in [0.2, 0.25) is 0 Å². The van der Waals surface area contributed by atoms with Gasteiger partial charge in [0.25, 0.3) is 0 Å². The van der Waals surface area contributed by atoms with Gasteiger partial charge < -0.3 is 4.79 Å². The first-order chi connectivity index (χ1) is 7.83. The van der Waals surface area contributed by atoms with Gasteiger partial charge >= 0.3 is 0 Å². The molecule has 0 spiro atoms. The minimum Gasteiger partial charge on any atom is -0.303 e. The number of piperidine rings is 1. The highest BCUT2D eigenvalue weighted by Crippen LogP contribution is 2.31. The van der Waals surface area contributed by atoms with Crippen molar-refractivity contribution in [1.29, 1.82) is 0 Å². The second-order valence-corrected chi connectivity index (χ2v) is 5.63. The standard InChI is InChI=1S/C14H25NO/c1-2-12-5-3-7-14(9-12)15-8-4-6-13(10-15)11-16/h11-14H,2-10H2,1H3. The van der Waals surface area contributed by atoms with Gasteiger partial charge in [-0.05, 0) is 38.1 Å². The predicted octanol–water partition coefficient (Wildman–Crippen LogP) is 2.87. The maximum Gasteiger partial charge on any atom is 0.124 e. The number of aldehydes is 1. The van der Waals surface area contributed by atoms with Crippen LogP contribution < -0.4 is 0 Å². The van der Waals surface area contributed by atoms with Crippen LogP contribution in [0.3, 0.4) is 0 Å². The van der Waals surface area contributed by atoms with Gasteiger partial charge in [-0.1, -0.05) is 26.2 Å². The van der Waals surface area contributed by atoms with Crippen molar-refractivity contribution in [1.82, 2.24) is 4.90 Å². The molecular formula is C14H25NO. The van der Waals surface area contributed by atoms with Gasteiger partial charge in [-0.25, -0.2) is 0 Å². The van der Waals surface area contributed by atoms with Gasteiger partial charge in [-0.15, -0.1) is 0 Å². The van der Waals surface area contributed by atoms with Gasteiger partial charge in [0.15, 0.2) is 0 Å². The Hall–Kier alpha value is -0.370. The van der Waals surface area contributed by atoms with Crippen LogP contribution in [0, 0.1) is 11.8 Å². The fourth-order valence-electron chi connectivity index (χ4n) is 3.45. The minimum atomic E-state index is 0.316. The Morgan fingerprint density at radius 3 is 2.88 bits per heavy atom. The first-order valence-electron chi connectivity index (χ1n) is 7.02. The Kier molecular flexibility index (Phi) is 4.39. The fraction of sp³-hybridized carbons (Fsp3) is 0.929. The van der Waals surface area contributed by atoms with Crippen LogP contribution >= 0.6 is 0 Å². The molecule has 2 aliphatic rings. The average Bonchev–Trinajstić information content (AvgIpc) is 2.39. The molecule has 0 aromatic carbocycles. The molecule has 16 heavy (non-hydrogen) atoms. The molecule has 3 atom stereocenters. The van der Waals surface area contributed by atoms with Crippen LogP contribution in [0.15, 0.2) is 0 Å². The van der Waals surface area contributed by atoms with E-state index in [1.807, 2.05) is 0 Å². The highest BCUT2D eigenvalue weighted by Gasteiger charge is 2.29. The Balaban J connectivity index is 1.88. The van der Waals surface area contributed by atoms with E-state index in [-0.39, 0.29) is 0 Å². The molecule has 92 valence electrons. The molecule has 1 aliphatic heterocycles. The minimum absolute atomic E-state index is 0.316. The lowest BCUT2D eigenvalue weighted by Crippen LogP contribution is -2.45. The summed E-state index contributed by atoms with van der Waals surface area (Å²) in [6.45, 7) is 4.58. The number of hydrogen-bond acceptors (Lipinski definition) is 2. The van der Waals surface area contributed by atoms with E-state index in [0.29, 0.717) is 5.92 Å². The summed E-state index contributed by atoms with van der Waals surface area (Å²) >= 11 is 0.